The molecule has 1 aliphatic heterocycles. The number of rotatable bonds is 7. The average Bonchev–Trinajstić information content (AvgIpc) is 3.42. The summed E-state index contributed by atoms with van der Waals surface area (Å²) >= 11 is 0. The van der Waals surface area contributed by atoms with Crippen LogP contribution in [0.25, 0.3) is 11.1 Å². The third-order valence-electron chi connectivity index (χ3n) is 6.92. The first-order chi connectivity index (χ1) is 15.9. The number of aryl methyl sites for hydroxylation is 2. The molecule has 1 atom stereocenters. The average molecular weight is 445 g/mol. The normalized spacial score (nSPS) is 17.8. The molecule has 2 heterocycles. The molecule has 33 heavy (non-hydrogen) atoms. The van der Waals surface area contributed by atoms with Crippen molar-refractivity contribution >= 4 is 11.8 Å². The first-order valence-corrected chi connectivity index (χ1v) is 11.6. The molecular formula is C27H32N4O2. The minimum absolute atomic E-state index is 0.00203. The maximum atomic E-state index is 13.1. The Morgan fingerprint density at radius 2 is 1.82 bits per heavy atom. The van der Waals surface area contributed by atoms with Crippen LogP contribution in [0.5, 0.6) is 0 Å². The van der Waals surface area contributed by atoms with Crippen LogP contribution in [-0.4, -0.2) is 47.0 Å². The molecule has 0 bridgehead atoms. The summed E-state index contributed by atoms with van der Waals surface area (Å²) in [4.78, 5) is 28.1. The van der Waals surface area contributed by atoms with Crippen LogP contribution < -0.4 is 5.32 Å². The number of aromatic nitrogens is 2. The summed E-state index contributed by atoms with van der Waals surface area (Å²) in [5.41, 5.74) is 5.84. The van der Waals surface area contributed by atoms with E-state index in [1.54, 1.807) is 7.05 Å². The Balaban J connectivity index is 1.53. The molecule has 6 nitrogen and oxygen atoms in total. The Hall–Kier alpha value is -3.41. The van der Waals surface area contributed by atoms with E-state index in [4.69, 9.17) is 0 Å². The van der Waals surface area contributed by atoms with E-state index in [0.717, 1.165) is 33.6 Å². The van der Waals surface area contributed by atoms with Crippen molar-refractivity contribution in [3.63, 3.8) is 0 Å². The Morgan fingerprint density at radius 1 is 1.09 bits per heavy atom. The Labute approximate surface area is 195 Å². The molecule has 0 spiro atoms. The van der Waals surface area contributed by atoms with Gasteiger partial charge in [0.1, 0.15) is 0 Å². The molecule has 0 aliphatic carbocycles. The summed E-state index contributed by atoms with van der Waals surface area (Å²) in [7, 11) is 1.68. The minimum Gasteiger partial charge on any atom is -0.359 e. The molecule has 2 amide bonds. The molecule has 1 saturated heterocycles. The van der Waals surface area contributed by atoms with Crippen LogP contribution >= 0.6 is 0 Å². The maximum Gasteiger partial charge on any atom is 0.228 e. The summed E-state index contributed by atoms with van der Waals surface area (Å²) in [6.07, 6.45) is 2.34. The second-order valence-electron chi connectivity index (χ2n) is 9.04. The molecule has 3 aromatic rings. The first kappa shape index (κ1) is 22.8. The number of benzene rings is 2. The van der Waals surface area contributed by atoms with Gasteiger partial charge >= 0.3 is 0 Å². The fourth-order valence-electron chi connectivity index (χ4n) is 5.03. The highest BCUT2D eigenvalue weighted by molar-refractivity contribution is 5.86. The van der Waals surface area contributed by atoms with Crippen molar-refractivity contribution in [2.75, 3.05) is 20.1 Å². The fraction of sp³-hybridized carbons (Fsp3) is 0.370. The van der Waals surface area contributed by atoms with Crippen LogP contribution in [0.4, 0.5) is 0 Å². The minimum atomic E-state index is -0.628. The van der Waals surface area contributed by atoms with Gasteiger partial charge in [0, 0.05) is 32.3 Å². The Bertz CT molecular complexity index is 1120. The van der Waals surface area contributed by atoms with Gasteiger partial charge in [-0.2, -0.15) is 5.10 Å². The summed E-state index contributed by atoms with van der Waals surface area (Å²) in [5.74, 6) is 0.0966. The van der Waals surface area contributed by atoms with Gasteiger partial charge in [-0.05, 0) is 55.4 Å². The van der Waals surface area contributed by atoms with Gasteiger partial charge in [-0.1, -0.05) is 54.6 Å². The fourth-order valence-corrected chi connectivity index (χ4v) is 5.03. The molecule has 0 unspecified atom stereocenters. The SMILES string of the molecule is CNC(=O)[C@@]1(Cc2ccccc2-c2ccccc2)CCN(C(=O)CCc2c(C)n[nH]c2C)C1. The lowest BCUT2D eigenvalue weighted by molar-refractivity contribution is -0.133. The zero-order valence-electron chi connectivity index (χ0n) is 19.6. The lowest BCUT2D eigenvalue weighted by Gasteiger charge is -2.28. The van der Waals surface area contributed by atoms with Crippen molar-refractivity contribution in [3.8, 4) is 11.1 Å². The van der Waals surface area contributed by atoms with Crippen LogP contribution in [0.15, 0.2) is 54.6 Å². The van der Waals surface area contributed by atoms with E-state index in [2.05, 4.69) is 39.8 Å². The van der Waals surface area contributed by atoms with E-state index in [-0.39, 0.29) is 11.8 Å². The second-order valence-corrected chi connectivity index (χ2v) is 9.04. The molecule has 6 heteroatoms. The molecule has 172 valence electrons. The highest BCUT2D eigenvalue weighted by Crippen LogP contribution is 2.38. The summed E-state index contributed by atoms with van der Waals surface area (Å²) in [6.45, 7) is 4.98. The summed E-state index contributed by atoms with van der Waals surface area (Å²) in [5, 5.41) is 10.1. The van der Waals surface area contributed by atoms with E-state index in [1.165, 1.54) is 0 Å². The van der Waals surface area contributed by atoms with Gasteiger partial charge in [0.15, 0.2) is 0 Å². The van der Waals surface area contributed by atoms with Crippen molar-refractivity contribution in [1.29, 1.82) is 0 Å². The van der Waals surface area contributed by atoms with Crippen LogP contribution in [0, 0.1) is 19.3 Å². The predicted octanol–water partition coefficient (Wildman–Crippen LogP) is 3.83. The van der Waals surface area contributed by atoms with Gasteiger partial charge in [-0.3, -0.25) is 14.7 Å². The van der Waals surface area contributed by atoms with Crippen LogP contribution in [-0.2, 0) is 22.4 Å². The second kappa shape index (κ2) is 9.61. The highest BCUT2D eigenvalue weighted by atomic mass is 16.2. The van der Waals surface area contributed by atoms with Gasteiger partial charge in [0.05, 0.1) is 11.1 Å². The first-order valence-electron chi connectivity index (χ1n) is 11.6. The van der Waals surface area contributed by atoms with Gasteiger partial charge in [0.2, 0.25) is 11.8 Å². The lowest BCUT2D eigenvalue weighted by Crippen LogP contribution is -2.44. The lowest BCUT2D eigenvalue weighted by atomic mass is 9.78. The van der Waals surface area contributed by atoms with Gasteiger partial charge in [-0.15, -0.1) is 0 Å². The number of amides is 2. The largest absolute Gasteiger partial charge is 0.359 e. The number of carbonyl (C=O) groups excluding carboxylic acids is 2. The van der Waals surface area contributed by atoms with E-state index in [9.17, 15) is 9.59 Å². The molecule has 2 N–H and O–H groups in total. The van der Waals surface area contributed by atoms with Gasteiger partial charge < -0.3 is 10.2 Å². The summed E-state index contributed by atoms with van der Waals surface area (Å²) in [6, 6.07) is 18.5. The number of hydrogen-bond donors (Lipinski definition) is 2. The number of likely N-dealkylation sites (tertiary alicyclic amines) is 1. The van der Waals surface area contributed by atoms with Gasteiger partial charge in [0.25, 0.3) is 0 Å². The number of H-pyrrole nitrogens is 1. The third-order valence-corrected chi connectivity index (χ3v) is 6.92. The topological polar surface area (TPSA) is 78.1 Å². The molecule has 4 rings (SSSR count). The highest BCUT2D eigenvalue weighted by Gasteiger charge is 2.45. The zero-order valence-corrected chi connectivity index (χ0v) is 19.6. The standard InChI is InChI=1S/C27H32N4O2/c1-19-23(20(2)30-29-19)13-14-25(32)31-16-15-27(18-31,26(33)28-3)17-22-11-7-8-12-24(22)21-9-5-4-6-10-21/h4-12H,13-18H2,1-3H3,(H,28,33)(H,29,30)/t27-/m1/s1. The van der Waals surface area contributed by atoms with Crippen LogP contribution in [0.1, 0.15) is 35.4 Å². The molecule has 0 radical (unpaired) electrons. The molecule has 1 aromatic heterocycles. The Morgan fingerprint density at radius 3 is 2.52 bits per heavy atom. The van der Waals surface area contributed by atoms with Crippen molar-refractivity contribution in [2.24, 2.45) is 5.41 Å². The summed E-state index contributed by atoms with van der Waals surface area (Å²) < 4.78 is 0. The molecule has 0 saturated carbocycles. The Kier molecular flexibility index (Phi) is 6.63. The van der Waals surface area contributed by atoms with Crippen LogP contribution in [0.3, 0.4) is 0 Å². The number of hydrogen-bond acceptors (Lipinski definition) is 3. The number of aromatic amines is 1. The quantitative estimate of drug-likeness (QED) is 0.581. The number of carbonyl (C=O) groups is 2. The number of nitrogens with zero attached hydrogens (tertiary/aromatic N) is 2. The van der Waals surface area contributed by atoms with E-state index >= 15 is 0 Å². The van der Waals surface area contributed by atoms with Crippen molar-refractivity contribution in [1.82, 2.24) is 20.4 Å². The van der Waals surface area contributed by atoms with Crippen molar-refractivity contribution < 1.29 is 9.59 Å². The molecule has 1 fully saturated rings. The molecule has 2 aromatic carbocycles. The number of nitrogens with one attached hydrogen (secondary N) is 2. The molecular weight excluding hydrogens is 412 g/mol. The predicted molar refractivity (Wildman–Crippen MR) is 130 cm³/mol. The van der Waals surface area contributed by atoms with E-state index < -0.39 is 5.41 Å². The van der Waals surface area contributed by atoms with Crippen molar-refractivity contribution in [2.45, 2.75) is 39.5 Å². The van der Waals surface area contributed by atoms with Crippen LogP contribution in [0.2, 0.25) is 0 Å². The smallest absolute Gasteiger partial charge is 0.228 e. The molecule has 1 aliphatic rings. The van der Waals surface area contributed by atoms with E-state index in [1.807, 2.05) is 49.1 Å². The third kappa shape index (κ3) is 4.70. The monoisotopic (exact) mass is 444 g/mol. The van der Waals surface area contributed by atoms with Gasteiger partial charge in [-0.25, -0.2) is 0 Å². The van der Waals surface area contributed by atoms with E-state index in [0.29, 0.717) is 38.8 Å². The van der Waals surface area contributed by atoms with Crippen molar-refractivity contribution in [3.05, 3.63) is 77.1 Å². The maximum absolute atomic E-state index is 13.1. The zero-order chi connectivity index (χ0) is 23.4.